The van der Waals surface area contributed by atoms with Gasteiger partial charge >= 0.3 is 0 Å². The van der Waals surface area contributed by atoms with E-state index in [0.29, 0.717) is 13.2 Å². The molecular formula is C18H16Br2O2. The Balaban J connectivity index is 2.32. The third-order valence-corrected chi connectivity index (χ3v) is 4.13. The quantitative estimate of drug-likeness (QED) is 0.382. The highest BCUT2D eigenvalue weighted by molar-refractivity contribution is 9.09. The lowest BCUT2D eigenvalue weighted by Crippen LogP contribution is -2.02. The molecule has 3 aromatic rings. The fourth-order valence-electron chi connectivity index (χ4n) is 2.64. The number of hydrogen-bond donors (Lipinski definition) is 0. The summed E-state index contributed by atoms with van der Waals surface area (Å²) in [6, 6.07) is 16.5. The van der Waals surface area contributed by atoms with Gasteiger partial charge in [0.2, 0.25) is 0 Å². The molecule has 0 radical (unpaired) electrons. The van der Waals surface area contributed by atoms with E-state index in [1.54, 1.807) is 0 Å². The maximum atomic E-state index is 6.03. The molecule has 2 nitrogen and oxygen atoms in total. The molecule has 0 fully saturated rings. The van der Waals surface area contributed by atoms with Gasteiger partial charge in [-0.05, 0) is 0 Å². The molecule has 0 aromatic heterocycles. The van der Waals surface area contributed by atoms with E-state index in [0.717, 1.165) is 43.7 Å². The molecule has 3 rings (SSSR count). The van der Waals surface area contributed by atoms with Crippen molar-refractivity contribution in [3.63, 3.8) is 0 Å². The summed E-state index contributed by atoms with van der Waals surface area (Å²) in [6.45, 7) is 1.27. The summed E-state index contributed by atoms with van der Waals surface area (Å²) in [5.74, 6) is 1.86. The molecule has 0 saturated heterocycles. The number of halogens is 2. The molecule has 4 heteroatoms. The van der Waals surface area contributed by atoms with Crippen molar-refractivity contribution in [3.05, 3.63) is 48.5 Å². The third kappa shape index (κ3) is 2.95. The van der Waals surface area contributed by atoms with Crippen LogP contribution < -0.4 is 9.47 Å². The van der Waals surface area contributed by atoms with Gasteiger partial charge in [-0.2, -0.15) is 0 Å². The van der Waals surface area contributed by atoms with Gasteiger partial charge in [-0.1, -0.05) is 80.4 Å². The van der Waals surface area contributed by atoms with E-state index in [9.17, 15) is 0 Å². The topological polar surface area (TPSA) is 18.5 Å². The minimum absolute atomic E-state index is 0.635. The first-order valence-electron chi connectivity index (χ1n) is 7.17. The lowest BCUT2D eigenvalue weighted by atomic mass is 10.0. The SMILES string of the molecule is BrCCOc1c2ccccc2c(OCCBr)c2ccccc12. The molecule has 0 spiro atoms. The molecule has 0 amide bonds. The van der Waals surface area contributed by atoms with Gasteiger partial charge in [0.15, 0.2) is 0 Å². The highest BCUT2D eigenvalue weighted by atomic mass is 79.9. The first-order chi connectivity index (χ1) is 10.9. The zero-order chi connectivity index (χ0) is 15.4. The predicted molar refractivity (Wildman–Crippen MR) is 100 cm³/mol. The lowest BCUT2D eigenvalue weighted by molar-refractivity contribution is 0.347. The Labute approximate surface area is 146 Å². The van der Waals surface area contributed by atoms with E-state index in [-0.39, 0.29) is 0 Å². The molecule has 114 valence electrons. The summed E-state index contributed by atoms with van der Waals surface area (Å²) in [4.78, 5) is 0. The van der Waals surface area contributed by atoms with Gasteiger partial charge in [0.05, 0.1) is 13.2 Å². The van der Waals surface area contributed by atoms with Crippen LogP contribution in [0, 0.1) is 0 Å². The summed E-state index contributed by atoms with van der Waals surface area (Å²) in [6.07, 6.45) is 0. The zero-order valence-corrected chi connectivity index (χ0v) is 15.2. The van der Waals surface area contributed by atoms with Crippen LogP contribution in [0.5, 0.6) is 11.5 Å². The Morgan fingerprint density at radius 2 is 0.909 bits per heavy atom. The number of rotatable bonds is 6. The Morgan fingerprint density at radius 1 is 0.591 bits per heavy atom. The maximum Gasteiger partial charge on any atom is 0.135 e. The second kappa shape index (κ2) is 7.34. The van der Waals surface area contributed by atoms with Crippen LogP contribution in [0.1, 0.15) is 0 Å². The lowest BCUT2D eigenvalue weighted by Gasteiger charge is -2.17. The fraction of sp³-hybridized carbons (Fsp3) is 0.222. The first kappa shape index (κ1) is 15.6. The van der Waals surface area contributed by atoms with Gasteiger partial charge in [0, 0.05) is 32.2 Å². The molecule has 0 atom stereocenters. The zero-order valence-electron chi connectivity index (χ0n) is 12.0. The van der Waals surface area contributed by atoms with Crippen molar-refractivity contribution >= 4 is 53.4 Å². The van der Waals surface area contributed by atoms with Gasteiger partial charge in [0.1, 0.15) is 11.5 Å². The minimum atomic E-state index is 0.635. The molecule has 0 N–H and O–H groups in total. The van der Waals surface area contributed by atoms with Crippen molar-refractivity contribution in [1.82, 2.24) is 0 Å². The van der Waals surface area contributed by atoms with Gasteiger partial charge in [-0.25, -0.2) is 0 Å². The summed E-state index contributed by atoms with van der Waals surface area (Å²) < 4.78 is 12.1. The predicted octanol–water partition coefficient (Wildman–Crippen LogP) is 5.54. The number of hydrogen-bond acceptors (Lipinski definition) is 2. The van der Waals surface area contributed by atoms with E-state index in [4.69, 9.17) is 9.47 Å². The van der Waals surface area contributed by atoms with Gasteiger partial charge in [-0.3, -0.25) is 0 Å². The van der Waals surface area contributed by atoms with Crippen molar-refractivity contribution in [1.29, 1.82) is 0 Å². The van der Waals surface area contributed by atoms with Gasteiger partial charge < -0.3 is 9.47 Å². The molecule has 0 aliphatic rings. The second-order valence-corrected chi connectivity index (χ2v) is 6.41. The van der Waals surface area contributed by atoms with E-state index in [2.05, 4.69) is 56.1 Å². The molecule has 0 unspecified atom stereocenters. The fourth-order valence-corrected chi connectivity index (χ4v) is 2.96. The molecule has 0 aliphatic heterocycles. The highest BCUT2D eigenvalue weighted by Gasteiger charge is 2.15. The number of ether oxygens (including phenoxy) is 2. The summed E-state index contributed by atoms with van der Waals surface area (Å²) in [5.41, 5.74) is 0. The summed E-state index contributed by atoms with van der Waals surface area (Å²) >= 11 is 6.86. The number of alkyl halides is 2. The molecule has 3 aromatic carbocycles. The van der Waals surface area contributed by atoms with E-state index in [1.165, 1.54) is 0 Å². The second-order valence-electron chi connectivity index (χ2n) is 4.82. The normalized spacial score (nSPS) is 11.0. The van der Waals surface area contributed by atoms with Crippen LogP contribution >= 0.6 is 31.9 Å². The Kier molecular flexibility index (Phi) is 5.21. The van der Waals surface area contributed by atoms with Gasteiger partial charge in [0.25, 0.3) is 0 Å². The number of benzene rings is 3. The van der Waals surface area contributed by atoms with Crippen LogP contribution in [0.3, 0.4) is 0 Å². The average Bonchev–Trinajstić information content (AvgIpc) is 2.58. The molecule has 0 aliphatic carbocycles. The van der Waals surface area contributed by atoms with E-state index >= 15 is 0 Å². The summed E-state index contributed by atoms with van der Waals surface area (Å²) in [7, 11) is 0. The van der Waals surface area contributed by atoms with Crippen molar-refractivity contribution in [2.45, 2.75) is 0 Å². The van der Waals surface area contributed by atoms with Crippen LogP contribution in [-0.2, 0) is 0 Å². The maximum absolute atomic E-state index is 6.03. The Hall–Kier alpha value is -1.26. The van der Waals surface area contributed by atoms with Crippen LogP contribution in [0.15, 0.2) is 48.5 Å². The van der Waals surface area contributed by atoms with Gasteiger partial charge in [-0.15, -0.1) is 0 Å². The first-order valence-corrected chi connectivity index (χ1v) is 9.42. The van der Waals surface area contributed by atoms with Crippen LogP contribution in [-0.4, -0.2) is 23.9 Å². The van der Waals surface area contributed by atoms with Crippen LogP contribution in [0.4, 0.5) is 0 Å². The van der Waals surface area contributed by atoms with Crippen molar-refractivity contribution in [2.24, 2.45) is 0 Å². The highest BCUT2D eigenvalue weighted by Crippen LogP contribution is 2.42. The van der Waals surface area contributed by atoms with Crippen LogP contribution in [0.2, 0.25) is 0 Å². The Morgan fingerprint density at radius 3 is 1.18 bits per heavy atom. The average molecular weight is 424 g/mol. The van der Waals surface area contributed by atoms with Crippen molar-refractivity contribution < 1.29 is 9.47 Å². The smallest absolute Gasteiger partial charge is 0.135 e. The Bertz CT molecular complexity index is 663. The largest absolute Gasteiger partial charge is 0.491 e. The standard InChI is InChI=1S/C18H16Br2O2/c19-9-11-21-17-13-5-1-2-6-14(13)18(22-12-10-20)16-8-4-3-7-15(16)17/h1-8H,9-12H2. The van der Waals surface area contributed by atoms with Crippen LogP contribution in [0.25, 0.3) is 21.5 Å². The van der Waals surface area contributed by atoms with Crippen molar-refractivity contribution in [2.75, 3.05) is 23.9 Å². The molecule has 0 bridgehead atoms. The van der Waals surface area contributed by atoms with E-state index in [1.807, 2.05) is 24.3 Å². The molecule has 22 heavy (non-hydrogen) atoms. The summed E-state index contributed by atoms with van der Waals surface area (Å²) in [5, 5.41) is 5.96. The molecule has 0 saturated carbocycles. The minimum Gasteiger partial charge on any atom is -0.491 e. The number of fused-ring (bicyclic) bond motifs is 2. The molecule has 0 heterocycles. The monoisotopic (exact) mass is 422 g/mol. The third-order valence-electron chi connectivity index (χ3n) is 3.48. The van der Waals surface area contributed by atoms with E-state index < -0.39 is 0 Å². The molecular weight excluding hydrogens is 408 g/mol. The van der Waals surface area contributed by atoms with Crippen molar-refractivity contribution in [3.8, 4) is 11.5 Å².